The Morgan fingerprint density at radius 2 is 1.93 bits per heavy atom. The molecule has 0 aliphatic carbocycles. The zero-order valence-electron chi connectivity index (χ0n) is 16.4. The first-order valence-electron chi connectivity index (χ1n) is 9.54. The van der Waals surface area contributed by atoms with Gasteiger partial charge in [-0.15, -0.1) is 0 Å². The third-order valence-electron chi connectivity index (χ3n) is 4.45. The zero-order valence-corrected chi connectivity index (χ0v) is 16.4. The predicted octanol–water partition coefficient (Wildman–Crippen LogP) is 3.36. The van der Waals surface area contributed by atoms with Crippen LogP contribution in [0.4, 0.5) is 11.5 Å². The highest BCUT2D eigenvalue weighted by Gasteiger charge is 2.09. The van der Waals surface area contributed by atoms with Crippen molar-refractivity contribution < 1.29 is 0 Å². The van der Waals surface area contributed by atoms with Crippen molar-refractivity contribution >= 4 is 17.5 Å². The van der Waals surface area contributed by atoms with Gasteiger partial charge < -0.3 is 16.4 Å². The summed E-state index contributed by atoms with van der Waals surface area (Å²) in [5.74, 6) is 0.961. The molecular formula is C22H25N7. The van der Waals surface area contributed by atoms with E-state index in [1.807, 2.05) is 30.3 Å². The van der Waals surface area contributed by atoms with Crippen molar-refractivity contribution in [1.82, 2.24) is 15.5 Å². The maximum Gasteiger partial charge on any atom is 0.196 e. The summed E-state index contributed by atoms with van der Waals surface area (Å²) in [4.78, 5) is 4.70. The Morgan fingerprint density at radius 1 is 1.17 bits per heavy atom. The molecule has 0 aliphatic rings. The van der Waals surface area contributed by atoms with Crippen LogP contribution in [0.1, 0.15) is 28.8 Å². The van der Waals surface area contributed by atoms with Crippen LogP contribution in [-0.2, 0) is 13.0 Å². The number of aryl methyl sites for hydroxylation is 2. The summed E-state index contributed by atoms with van der Waals surface area (Å²) >= 11 is 0. The van der Waals surface area contributed by atoms with Gasteiger partial charge >= 0.3 is 0 Å². The number of rotatable bonds is 7. The zero-order chi connectivity index (χ0) is 20.5. The van der Waals surface area contributed by atoms with Gasteiger partial charge in [0, 0.05) is 12.2 Å². The summed E-state index contributed by atoms with van der Waals surface area (Å²) in [5.41, 5.74) is 10.2. The number of nitrogens with one attached hydrogen (secondary N) is 3. The van der Waals surface area contributed by atoms with Crippen molar-refractivity contribution in [2.75, 3.05) is 17.6 Å². The van der Waals surface area contributed by atoms with E-state index in [0.717, 1.165) is 23.4 Å². The Labute approximate surface area is 170 Å². The molecule has 0 amide bonds. The number of aliphatic imine (C=N–C) groups is 1. The minimum absolute atomic E-state index is 0.251. The lowest BCUT2D eigenvalue weighted by molar-refractivity contribution is 0.751. The number of nitrogen functional groups attached to an aromatic ring is 1. The average Bonchev–Trinajstić information content (AvgIpc) is 3.10. The fraction of sp³-hybridized carbons (Fsp3) is 0.227. The molecule has 29 heavy (non-hydrogen) atoms. The summed E-state index contributed by atoms with van der Waals surface area (Å²) < 4.78 is 0. The van der Waals surface area contributed by atoms with E-state index in [-0.39, 0.29) is 5.82 Å². The van der Waals surface area contributed by atoms with Crippen LogP contribution in [0, 0.1) is 18.3 Å². The number of nitrogens with zero attached hydrogens (tertiary/aromatic N) is 3. The second kappa shape index (κ2) is 9.95. The molecule has 0 spiro atoms. The van der Waals surface area contributed by atoms with E-state index in [4.69, 9.17) is 16.0 Å². The Kier molecular flexibility index (Phi) is 6.85. The summed E-state index contributed by atoms with van der Waals surface area (Å²) in [7, 11) is 0. The van der Waals surface area contributed by atoms with Gasteiger partial charge in [0.2, 0.25) is 0 Å². The lowest BCUT2D eigenvalue weighted by atomic mass is 10.1. The van der Waals surface area contributed by atoms with Crippen LogP contribution in [0.3, 0.4) is 0 Å². The third kappa shape index (κ3) is 5.84. The molecule has 0 unspecified atom stereocenters. The minimum atomic E-state index is 0.251. The van der Waals surface area contributed by atoms with Gasteiger partial charge in [-0.3, -0.25) is 5.10 Å². The molecule has 0 bridgehead atoms. The van der Waals surface area contributed by atoms with E-state index in [1.165, 1.54) is 5.56 Å². The fourth-order valence-corrected chi connectivity index (χ4v) is 2.83. The number of hydrogen-bond acceptors (Lipinski definition) is 4. The van der Waals surface area contributed by atoms with Gasteiger partial charge in [-0.1, -0.05) is 48.0 Å². The van der Waals surface area contributed by atoms with Crippen molar-refractivity contribution in [3.63, 3.8) is 0 Å². The van der Waals surface area contributed by atoms with Crippen molar-refractivity contribution in [2.45, 2.75) is 26.3 Å². The summed E-state index contributed by atoms with van der Waals surface area (Å²) in [6.07, 6.45) is 1.48. The van der Waals surface area contributed by atoms with Gasteiger partial charge in [-0.25, -0.2) is 4.99 Å². The number of nitrogens with two attached hydrogens (primary N) is 1. The molecule has 2 aromatic carbocycles. The molecule has 0 fully saturated rings. The number of nitriles is 1. The SMILES string of the molecule is Cc1ccc(CN=C(NCCCc2[nH]nc(N)c2C#N)Nc2ccccc2)cc1. The van der Waals surface area contributed by atoms with Crippen LogP contribution in [0.5, 0.6) is 0 Å². The van der Waals surface area contributed by atoms with Crippen LogP contribution in [0.15, 0.2) is 59.6 Å². The Balaban J connectivity index is 1.60. The maximum atomic E-state index is 9.16. The highest BCUT2D eigenvalue weighted by Crippen LogP contribution is 2.13. The van der Waals surface area contributed by atoms with Crippen LogP contribution < -0.4 is 16.4 Å². The number of benzene rings is 2. The number of hydrogen-bond donors (Lipinski definition) is 4. The van der Waals surface area contributed by atoms with E-state index in [2.05, 4.69) is 58.1 Å². The Morgan fingerprint density at radius 3 is 2.66 bits per heavy atom. The van der Waals surface area contributed by atoms with Gasteiger partial charge in [0.25, 0.3) is 0 Å². The first-order valence-corrected chi connectivity index (χ1v) is 9.54. The van der Waals surface area contributed by atoms with Crippen molar-refractivity contribution in [3.8, 4) is 6.07 Å². The van der Waals surface area contributed by atoms with Crippen LogP contribution in [0.2, 0.25) is 0 Å². The average molecular weight is 387 g/mol. The third-order valence-corrected chi connectivity index (χ3v) is 4.45. The van der Waals surface area contributed by atoms with E-state index < -0.39 is 0 Å². The number of para-hydroxylation sites is 1. The highest BCUT2D eigenvalue weighted by atomic mass is 15.2. The topological polar surface area (TPSA) is 115 Å². The monoisotopic (exact) mass is 387 g/mol. The number of aromatic amines is 1. The molecule has 148 valence electrons. The molecule has 3 rings (SSSR count). The smallest absolute Gasteiger partial charge is 0.196 e. The fourth-order valence-electron chi connectivity index (χ4n) is 2.83. The number of H-pyrrole nitrogens is 1. The maximum absolute atomic E-state index is 9.16. The Hall–Kier alpha value is -3.79. The quantitative estimate of drug-likeness (QED) is 0.282. The predicted molar refractivity (Wildman–Crippen MR) is 116 cm³/mol. The first kappa shape index (κ1) is 20.0. The first-order chi connectivity index (χ1) is 14.2. The largest absolute Gasteiger partial charge is 0.381 e. The minimum Gasteiger partial charge on any atom is -0.381 e. The van der Waals surface area contributed by atoms with E-state index >= 15 is 0 Å². The molecule has 3 aromatic rings. The molecule has 0 aliphatic heterocycles. The van der Waals surface area contributed by atoms with Gasteiger partial charge in [0.1, 0.15) is 11.6 Å². The molecule has 7 heteroatoms. The normalized spacial score (nSPS) is 11.1. The molecule has 0 atom stereocenters. The van der Waals surface area contributed by atoms with Crippen LogP contribution in [0.25, 0.3) is 0 Å². The molecule has 1 heterocycles. The number of aromatic nitrogens is 2. The number of guanidine groups is 1. The molecule has 0 radical (unpaired) electrons. The number of anilines is 2. The summed E-state index contributed by atoms with van der Waals surface area (Å²) in [5, 5.41) is 22.6. The summed E-state index contributed by atoms with van der Waals surface area (Å²) in [6.45, 7) is 3.34. The van der Waals surface area contributed by atoms with Gasteiger partial charge in [0.05, 0.1) is 12.2 Å². The van der Waals surface area contributed by atoms with Crippen molar-refractivity contribution in [3.05, 3.63) is 77.0 Å². The second-order valence-electron chi connectivity index (χ2n) is 6.75. The molecule has 7 nitrogen and oxygen atoms in total. The van der Waals surface area contributed by atoms with Crippen LogP contribution >= 0.6 is 0 Å². The Bertz CT molecular complexity index is 982. The van der Waals surface area contributed by atoms with Crippen molar-refractivity contribution in [1.29, 1.82) is 5.26 Å². The van der Waals surface area contributed by atoms with E-state index in [1.54, 1.807) is 0 Å². The standard InChI is InChI=1S/C22H25N7/c1-16-9-11-17(12-10-16)15-26-22(27-18-6-3-2-4-7-18)25-13-5-8-20-19(14-23)21(24)29-28-20/h2-4,6-7,9-12H,5,8,13,15H2,1H3,(H3,24,28,29)(H2,25,26,27). The molecular weight excluding hydrogens is 362 g/mol. The van der Waals surface area contributed by atoms with Gasteiger partial charge in [-0.2, -0.15) is 10.4 Å². The van der Waals surface area contributed by atoms with Crippen LogP contribution in [-0.4, -0.2) is 22.7 Å². The van der Waals surface area contributed by atoms with Gasteiger partial charge in [0.15, 0.2) is 11.8 Å². The lowest BCUT2D eigenvalue weighted by Gasteiger charge is -2.13. The van der Waals surface area contributed by atoms with Crippen molar-refractivity contribution in [2.24, 2.45) is 4.99 Å². The van der Waals surface area contributed by atoms with Gasteiger partial charge in [-0.05, 0) is 37.5 Å². The second-order valence-corrected chi connectivity index (χ2v) is 6.75. The molecule has 0 saturated heterocycles. The molecule has 0 saturated carbocycles. The molecule has 5 N–H and O–H groups in total. The summed E-state index contributed by atoms with van der Waals surface area (Å²) in [6, 6.07) is 20.4. The van der Waals surface area contributed by atoms with E-state index in [9.17, 15) is 0 Å². The lowest BCUT2D eigenvalue weighted by Crippen LogP contribution is -2.32. The highest BCUT2D eigenvalue weighted by molar-refractivity contribution is 5.93. The van der Waals surface area contributed by atoms with E-state index in [0.29, 0.717) is 31.0 Å². The molecule has 1 aromatic heterocycles.